The van der Waals surface area contributed by atoms with Crippen LogP contribution < -0.4 is 24.4 Å². The van der Waals surface area contributed by atoms with Crippen molar-refractivity contribution in [3.05, 3.63) is 11.6 Å². The number of hydrogen-bond donors (Lipinski definition) is 1. The molecule has 106 valence electrons. The molecule has 6 nitrogen and oxygen atoms in total. The van der Waals surface area contributed by atoms with Crippen LogP contribution in [0.5, 0.6) is 23.0 Å². The van der Waals surface area contributed by atoms with Crippen LogP contribution >= 0.6 is 0 Å². The summed E-state index contributed by atoms with van der Waals surface area (Å²) in [6, 6.07) is 1.80. The van der Waals surface area contributed by atoms with Gasteiger partial charge in [0.15, 0.2) is 11.5 Å². The van der Waals surface area contributed by atoms with Crippen molar-refractivity contribution >= 4 is 0 Å². The third-order valence-corrected chi connectivity index (χ3v) is 3.10. The van der Waals surface area contributed by atoms with Crippen molar-refractivity contribution in [3.8, 4) is 23.0 Å². The molecular weight excluding hydrogens is 250 g/mol. The van der Waals surface area contributed by atoms with Crippen LogP contribution in [0.1, 0.15) is 18.0 Å². The van der Waals surface area contributed by atoms with E-state index < -0.39 is 0 Å². The fraction of sp³-hybridized carbons (Fsp3) is 0.538. The molecule has 0 radical (unpaired) electrons. The largest absolute Gasteiger partial charge is 0.493 e. The van der Waals surface area contributed by atoms with Gasteiger partial charge in [-0.3, -0.25) is 0 Å². The normalized spacial score (nSPS) is 17.4. The molecule has 1 N–H and O–H groups in total. The highest BCUT2D eigenvalue weighted by Crippen LogP contribution is 2.49. The summed E-state index contributed by atoms with van der Waals surface area (Å²) in [6.45, 7) is 0.604. The highest BCUT2D eigenvalue weighted by molar-refractivity contribution is 5.63. The monoisotopic (exact) mass is 269 g/mol. The zero-order chi connectivity index (χ0) is 13.8. The average Bonchev–Trinajstić information content (AvgIpc) is 2.45. The Morgan fingerprint density at radius 2 is 1.84 bits per heavy atom. The van der Waals surface area contributed by atoms with Gasteiger partial charge in [-0.25, -0.2) is 0 Å². The predicted octanol–water partition coefficient (Wildman–Crippen LogP) is 1.69. The van der Waals surface area contributed by atoms with Crippen molar-refractivity contribution in [2.24, 2.45) is 0 Å². The van der Waals surface area contributed by atoms with Crippen molar-refractivity contribution in [1.82, 2.24) is 5.48 Å². The smallest absolute Gasteiger partial charge is 0.203 e. The summed E-state index contributed by atoms with van der Waals surface area (Å²) >= 11 is 0. The van der Waals surface area contributed by atoms with Crippen LogP contribution in [0.3, 0.4) is 0 Å². The lowest BCUT2D eigenvalue weighted by Gasteiger charge is -2.29. The minimum Gasteiger partial charge on any atom is -0.493 e. The predicted molar refractivity (Wildman–Crippen MR) is 69.1 cm³/mol. The number of fused-ring (bicyclic) bond motifs is 1. The molecule has 1 aliphatic heterocycles. The molecule has 0 amide bonds. The minimum absolute atomic E-state index is 0.0106. The summed E-state index contributed by atoms with van der Waals surface area (Å²) in [7, 11) is 6.34. The first-order chi connectivity index (χ1) is 9.26. The maximum atomic E-state index is 5.67. The standard InChI is InChI=1S/C13H19NO5/c1-15-10-7-9-11(13(17-3)12(10)16-2)8(14-18-4)5-6-19-9/h7-8,14H,5-6H2,1-4H3. The molecule has 2 rings (SSSR count). The Morgan fingerprint density at radius 1 is 1.11 bits per heavy atom. The fourth-order valence-electron chi connectivity index (χ4n) is 2.30. The Morgan fingerprint density at radius 3 is 2.42 bits per heavy atom. The number of hydrogen-bond acceptors (Lipinski definition) is 6. The van der Waals surface area contributed by atoms with Gasteiger partial charge in [-0.15, -0.1) is 0 Å². The second-order valence-electron chi connectivity index (χ2n) is 4.07. The zero-order valence-electron chi connectivity index (χ0n) is 11.6. The van der Waals surface area contributed by atoms with Gasteiger partial charge in [0, 0.05) is 12.5 Å². The molecule has 1 aromatic carbocycles. The maximum absolute atomic E-state index is 5.67. The van der Waals surface area contributed by atoms with E-state index >= 15 is 0 Å². The molecule has 19 heavy (non-hydrogen) atoms. The SMILES string of the molecule is CONC1CCOc2cc(OC)c(OC)c(OC)c21. The van der Waals surface area contributed by atoms with Crippen LogP contribution in [0.4, 0.5) is 0 Å². The molecule has 0 saturated carbocycles. The molecule has 6 heteroatoms. The van der Waals surface area contributed by atoms with Gasteiger partial charge in [0.05, 0.1) is 46.7 Å². The number of rotatable bonds is 5. The van der Waals surface area contributed by atoms with E-state index in [0.29, 0.717) is 23.9 Å². The van der Waals surface area contributed by atoms with Gasteiger partial charge in [-0.05, 0) is 0 Å². The third-order valence-electron chi connectivity index (χ3n) is 3.10. The first kappa shape index (κ1) is 13.8. The molecule has 0 fully saturated rings. The molecule has 1 aliphatic rings. The van der Waals surface area contributed by atoms with E-state index in [2.05, 4.69) is 5.48 Å². The molecular formula is C13H19NO5. The molecule has 1 heterocycles. The first-order valence-corrected chi connectivity index (χ1v) is 6.01. The number of methoxy groups -OCH3 is 3. The Hall–Kier alpha value is -1.66. The molecule has 0 aliphatic carbocycles. The molecule has 1 atom stereocenters. The van der Waals surface area contributed by atoms with Crippen molar-refractivity contribution in [2.75, 3.05) is 35.0 Å². The van der Waals surface area contributed by atoms with Crippen molar-refractivity contribution in [2.45, 2.75) is 12.5 Å². The van der Waals surface area contributed by atoms with Gasteiger partial charge >= 0.3 is 0 Å². The van der Waals surface area contributed by atoms with Crippen molar-refractivity contribution in [1.29, 1.82) is 0 Å². The average molecular weight is 269 g/mol. The van der Waals surface area contributed by atoms with Gasteiger partial charge in [-0.2, -0.15) is 5.48 Å². The second kappa shape index (κ2) is 5.99. The van der Waals surface area contributed by atoms with Gasteiger partial charge in [0.1, 0.15) is 5.75 Å². The summed E-state index contributed by atoms with van der Waals surface area (Å²) < 4.78 is 21.8. The highest BCUT2D eigenvalue weighted by atomic mass is 16.6. The third kappa shape index (κ3) is 2.41. The van der Waals surface area contributed by atoms with Crippen LogP contribution in [0.25, 0.3) is 0 Å². The van der Waals surface area contributed by atoms with E-state index in [1.165, 1.54) is 0 Å². The highest BCUT2D eigenvalue weighted by Gasteiger charge is 2.30. The second-order valence-corrected chi connectivity index (χ2v) is 4.07. The molecule has 0 aromatic heterocycles. The number of nitrogens with one attached hydrogen (secondary N) is 1. The lowest BCUT2D eigenvalue weighted by molar-refractivity contribution is 0.0450. The van der Waals surface area contributed by atoms with Crippen LogP contribution in [0.15, 0.2) is 6.07 Å². The number of ether oxygens (including phenoxy) is 4. The van der Waals surface area contributed by atoms with E-state index in [-0.39, 0.29) is 6.04 Å². The zero-order valence-corrected chi connectivity index (χ0v) is 11.6. The molecule has 1 unspecified atom stereocenters. The minimum atomic E-state index is -0.0106. The van der Waals surface area contributed by atoms with E-state index in [1.807, 2.05) is 0 Å². The number of benzene rings is 1. The lowest BCUT2D eigenvalue weighted by Crippen LogP contribution is -2.27. The van der Waals surface area contributed by atoms with Crippen molar-refractivity contribution in [3.63, 3.8) is 0 Å². The fourth-order valence-corrected chi connectivity index (χ4v) is 2.30. The van der Waals surface area contributed by atoms with Crippen LogP contribution in [0.2, 0.25) is 0 Å². The molecule has 1 aromatic rings. The summed E-state index contributed by atoms with van der Waals surface area (Å²) in [4.78, 5) is 5.03. The van der Waals surface area contributed by atoms with E-state index in [0.717, 1.165) is 17.7 Å². The summed E-state index contributed by atoms with van der Waals surface area (Å²) in [5.74, 6) is 2.45. The molecule has 0 bridgehead atoms. The van der Waals surface area contributed by atoms with Gasteiger partial charge < -0.3 is 23.8 Å². The maximum Gasteiger partial charge on any atom is 0.203 e. The summed E-state index contributed by atoms with van der Waals surface area (Å²) in [5.41, 5.74) is 3.83. The van der Waals surface area contributed by atoms with E-state index in [1.54, 1.807) is 34.5 Å². The van der Waals surface area contributed by atoms with Crippen LogP contribution in [0, 0.1) is 0 Å². The van der Waals surface area contributed by atoms with Gasteiger partial charge in [0.2, 0.25) is 5.75 Å². The van der Waals surface area contributed by atoms with Gasteiger partial charge in [0.25, 0.3) is 0 Å². The van der Waals surface area contributed by atoms with Crippen LogP contribution in [-0.4, -0.2) is 35.0 Å². The first-order valence-electron chi connectivity index (χ1n) is 6.01. The lowest BCUT2D eigenvalue weighted by atomic mass is 9.99. The van der Waals surface area contributed by atoms with Gasteiger partial charge in [-0.1, -0.05) is 0 Å². The number of hydroxylamine groups is 1. The molecule has 0 saturated heterocycles. The Labute approximate surface area is 112 Å². The van der Waals surface area contributed by atoms with Crippen LogP contribution in [-0.2, 0) is 4.84 Å². The summed E-state index contributed by atoms with van der Waals surface area (Å²) in [5, 5.41) is 0. The Kier molecular flexibility index (Phi) is 4.34. The van der Waals surface area contributed by atoms with E-state index in [4.69, 9.17) is 23.8 Å². The quantitative estimate of drug-likeness (QED) is 0.821. The van der Waals surface area contributed by atoms with E-state index in [9.17, 15) is 0 Å². The molecule has 0 spiro atoms. The summed E-state index contributed by atoms with van der Waals surface area (Å²) in [6.07, 6.45) is 0.784. The Bertz CT molecular complexity index is 449. The topological polar surface area (TPSA) is 58.2 Å². The Balaban J connectivity index is 2.58. The van der Waals surface area contributed by atoms with Crippen molar-refractivity contribution < 1.29 is 23.8 Å².